The molecule has 0 radical (unpaired) electrons. The fourth-order valence-corrected chi connectivity index (χ4v) is 2.81. The number of nitrogen functional groups attached to an aromatic ring is 1. The van der Waals surface area contributed by atoms with E-state index in [1.165, 1.54) is 5.56 Å². The molecule has 0 saturated carbocycles. The fourth-order valence-electron chi connectivity index (χ4n) is 2.30. The summed E-state index contributed by atoms with van der Waals surface area (Å²) < 4.78 is 1.07. The van der Waals surface area contributed by atoms with Gasteiger partial charge in [-0.1, -0.05) is 29.8 Å². The first-order chi connectivity index (χ1) is 8.08. The van der Waals surface area contributed by atoms with Crippen molar-refractivity contribution in [1.82, 2.24) is 4.98 Å². The zero-order valence-corrected chi connectivity index (χ0v) is 12.1. The van der Waals surface area contributed by atoms with Crippen LogP contribution in [0.25, 0.3) is 10.9 Å². The Morgan fingerprint density at radius 1 is 1.24 bits per heavy atom. The normalized spacial score (nSPS) is 11.1. The van der Waals surface area contributed by atoms with Crippen molar-refractivity contribution < 1.29 is 0 Å². The first-order valence-electron chi connectivity index (χ1n) is 5.95. The van der Waals surface area contributed by atoms with Crippen LogP contribution in [0.3, 0.4) is 0 Å². The second-order valence-electron chi connectivity index (χ2n) is 4.26. The third-order valence-corrected chi connectivity index (χ3v) is 3.68. The molecule has 0 spiro atoms. The van der Waals surface area contributed by atoms with Crippen LogP contribution in [0.2, 0.25) is 0 Å². The third kappa shape index (κ3) is 2.04. The lowest BCUT2D eigenvalue weighted by atomic mass is 10.0. The number of fused-ring (bicyclic) bond motifs is 1. The smallest absolute Gasteiger partial charge is 0.0758 e. The van der Waals surface area contributed by atoms with Gasteiger partial charge in [0, 0.05) is 21.2 Å². The first kappa shape index (κ1) is 12.4. The highest BCUT2D eigenvalue weighted by molar-refractivity contribution is 9.10. The van der Waals surface area contributed by atoms with E-state index in [4.69, 9.17) is 10.7 Å². The van der Waals surface area contributed by atoms with E-state index in [1.807, 2.05) is 6.92 Å². The van der Waals surface area contributed by atoms with Crippen molar-refractivity contribution in [2.45, 2.75) is 33.6 Å². The number of nitrogens with zero attached hydrogens (tertiary/aromatic N) is 1. The maximum atomic E-state index is 6.26. The molecule has 0 aliphatic rings. The number of aryl methyl sites for hydroxylation is 2. The Morgan fingerprint density at radius 3 is 2.53 bits per heavy atom. The van der Waals surface area contributed by atoms with Gasteiger partial charge in [0.05, 0.1) is 5.52 Å². The number of nitrogens with two attached hydrogens (primary N) is 1. The lowest BCUT2D eigenvalue weighted by Crippen LogP contribution is -2.02. The summed E-state index contributed by atoms with van der Waals surface area (Å²) in [4.78, 5) is 4.72. The molecule has 0 aliphatic carbocycles. The Balaban J connectivity index is 2.90. The summed E-state index contributed by atoms with van der Waals surface area (Å²) in [6, 6.07) is 4.19. The molecule has 2 rings (SSSR count). The Bertz CT molecular complexity index is 576. The summed E-state index contributed by atoms with van der Waals surface area (Å²) in [6.07, 6.45) is 1.89. The van der Waals surface area contributed by atoms with Crippen LogP contribution in [0.4, 0.5) is 5.69 Å². The molecule has 1 heterocycles. The van der Waals surface area contributed by atoms with Gasteiger partial charge >= 0.3 is 0 Å². The standard InChI is InChI=1S/C14H17BrN2/c1-4-9-6-10(15)7-12-13(16)11(5-2)8(3)17-14(9)12/h6-7H,4-5H2,1-3H3,(H2,16,17). The van der Waals surface area contributed by atoms with Gasteiger partial charge in [-0.3, -0.25) is 4.98 Å². The highest BCUT2D eigenvalue weighted by Gasteiger charge is 2.11. The molecule has 2 N–H and O–H groups in total. The summed E-state index contributed by atoms with van der Waals surface area (Å²) in [5.74, 6) is 0. The largest absolute Gasteiger partial charge is 0.398 e. The van der Waals surface area contributed by atoms with Crippen LogP contribution in [0, 0.1) is 6.92 Å². The summed E-state index contributed by atoms with van der Waals surface area (Å²) in [5, 5.41) is 1.07. The van der Waals surface area contributed by atoms with Crippen molar-refractivity contribution in [3.8, 4) is 0 Å². The predicted molar refractivity (Wildman–Crippen MR) is 77.3 cm³/mol. The van der Waals surface area contributed by atoms with Crippen molar-refractivity contribution in [3.05, 3.63) is 33.4 Å². The van der Waals surface area contributed by atoms with Crippen LogP contribution in [0.15, 0.2) is 16.6 Å². The van der Waals surface area contributed by atoms with Crippen LogP contribution in [-0.4, -0.2) is 4.98 Å². The van der Waals surface area contributed by atoms with Crippen molar-refractivity contribution in [2.24, 2.45) is 0 Å². The van der Waals surface area contributed by atoms with E-state index in [-0.39, 0.29) is 0 Å². The van der Waals surface area contributed by atoms with Crippen molar-refractivity contribution in [3.63, 3.8) is 0 Å². The number of rotatable bonds is 2. The van der Waals surface area contributed by atoms with E-state index in [0.29, 0.717) is 0 Å². The molecule has 90 valence electrons. The van der Waals surface area contributed by atoms with Gasteiger partial charge in [-0.25, -0.2) is 0 Å². The molecule has 3 heteroatoms. The van der Waals surface area contributed by atoms with Gasteiger partial charge in [0.15, 0.2) is 0 Å². The van der Waals surface area contributed by atoms with E-state index in [9.17, 15) is 0 Å². The van der Waals surface area contributed by atoms with E-state index in [2.05, 4.69) is 41.9 Å². The van der Waals surface area contributed by atoms with E-state index in [1.54, 1.807) is 0 Å². The lowest BCUT2D eigenvalue weighted by Gasteiger charge is -2.13. The van der Waals surface area contributed by atoms with Crippen LogP contribution in [-0.2, 0) is 12.8 Å². The van der Waals surface area contributed by atoms with Gasteiger partial charge in [-0.15, -0.1) is 0 Å². The zero-order chi connectivity index (χ0) is 12.6. The Kier molecular flexibility index (Phi) is 3.38. The Hall–Kier alpha value is -1.09. The van der Waals surface area contributed by atoms with Crippen LogP contribution in [0.5, 0.6) is 0 Å². The molecule has 0 bridgehead atoms. The van der Waals surface area contributed by atoms with E-state index >= 15 is 0 Å². The van der Waals surface area contributed by atoms with E-state index in [0.717, 1.165) is 45.2 Å². The molecule has 1 aromatic heterocycles. The van der Waals surface area contributed by atoms with Gasteiger partial charge in [-0.2, -0.15) is 0 Å². The Morgan fingerprint density at radius 2 is 1.94 bits per heavy atom. The van der Waals surface area contributed by atoms with Crippen LogP contribution >= 0.6 is 15.9 Å². The monoisotopic (exact) mass is 292 g/mol. The summed E-state index contributed by atoms with van der Waals surface area (Å²) in [5.41, 5.74) is 11.6. The third-order valence-electron chi connectivity index (χ3n) is 3.22. The molecule has 17 heavy (non-hydrogen) atoms. The number of anilines is 1. The number of benzene rings is 1. The maximum absolute atomic E-state index is 6.26. The van der Waals surface area contributed by atoms with Gasteiger partial charge < -0.3 is 5.73 Å². The second-order valence-corrected chi connectivity index (χ2v) is 5.17. The molecular weight excluding hydrogens is 276 g/mol. The molecule has 0 amide bonds. The molecule has 0 aliphatic heterocycles. The number of pyridine rings is 1. The minimum atomic E-state index is 0.881. The molecule has 2 nitrogen and oxygen atoms in total. The molecule has 1 aromatic carbocycles. The number of hydrogen-bond donors (Lipinski definition) is 1. The summed E-state index contributed by atoms with van der Waals surface area (Å²) in [6.45, 7) is 6.29. The number of hydrogen-bond acceptors (Lipinski definition) is 2. The maximum Gasteiger partial charge on any atom is 0.0758 e. The minimum Gasteiger partial charge on any atom is -0.398 e. The molecule has 0 unspecified atom stereocenters. The molecule has 0 fully saturated rings. The van der Waals surface area contributed by atoms with Crippen LogP contribution in [0.1, 0.15) is 30.7 Å². The number of halogens is 1. The fraction of sp³-hybridized carbons (Fsp3) is 0.357. The summed E-state index contributed by atoms with van der Waals surface area (Å²) >= 11 is 3.54. The van der Waals surface area contributed by atoms with Gasteiger partial charge in [-0.05, 0) is 43.0 Å². The molecule has 0 saturated heterocycles. The SMILES string of the molecule is CCc1c(C)nc2c(CC)cc(Br)cc2c1N. The lowest BCUT2D eigenvalue weighted by molar-refractivity contribution is 1.06. The zero-order valence-electron chi connectivity index (χ0n) is 10.5. The quantitative estimate of drug-likeness (QED) is 0.908. The van der Waals surface area contributed by atoms with Crippen molar-refractivity contribution in [1.29, 1.82) is 0 Å². The average Bonchev–Trinajstić information content (AvgIpc) is 2.30. The number of aromatic nitrogens is 1. The molecule has 2 aromatic rings. The van der Waals surface area contributed by atoms with Gasteiger partial charge in [0.2, 0.25) is 0 Å². The highest BCUT2D eigenvalue weighted by atomic mass is 79.9. The second kappa shape index (κ2) is 4.65. The topological polar surface area (TPSA) is 38.9 Å². The Labute approximate surface area is 110 Å². The van der Waals surface area contributed by atoms with Gasteiger partial charge in [0.25, 0.3) is 0 Å². The first-order valence-corrected chi connectivity index (χ1v) is 6.74. The van der Waals surface area contributed by atoms with Crippen molar-refractivity contribution >= 4 is 32.5 Å². The average molecular weight is 293 g/mol. The van der Waals surface area contributed by atoms with Gasteiger partial charge in [0.1, 0.15) is 0 Å². The van der Waals surface area contributed by atoms with Crippen LogP contribution < -0.4 is 5.73 Å². The molecular formula is C14H17BrN2. The minimum absolute atomic E-state index is 0.881. The molecule has 0 atom stereocenters. The predicted octanol–water partition coefficient (Wildman–Crippen LogP) is 4.01. The highest BCUT2D eigenvalue weighted by Crippen LogP contribution is 2.31. The van der Waals surface area contributed by atoms with E-state index < -0.39 is 0 Å². The summed E-state index contributed by atoms with van der Waals surface area (Å²) in [7, 11) is 0. The van der Waals surface area contributed by atoms with Crippen molar-refractivity contribution in [2.75, 3.05) is 5.73 Å².